The van der Waals surface area contributed by atoms with Crippen LogP contribution in [0.4, 0.5) is 0 Å². The number of hydrogen-bond donors (Lipinski definition) is 0. The molecule has 0 atom stereocenters. The van der Waals surface area contributed by atoms with Crippen molar-refractivity contribution in [2.75, 3.05) is 26.2 Å². The SMILES string of the molecule is Cc1noc(C)c1S(=O)(=O)N1CCN(C(=O)c2ccc(Cl)cc2Cl)CC1. The van der Waals surface area contributed by atoms with Gasteiger partial charge in [0.25, 0.3) is 5.91 Å². The molecule has 1 fully saturated rings. The lowest BCUT2D eigenvalue weighted by atomic mass is 10.2. The molecule has 2 aromatic rings. The maximum atomic E-state index is 12.8. The second-order valence-corrected chi connectivity index (χ2v) is 8.69. The number of hydrogen-bond acceptors (Lipinski definition) is 5. The Bertz CT molecular complexity index is 931. The van der Waals surface area contributed by atoms with Gasteiger partial charge >= 0.3 is 0 Å². The highest BCUT2D eigenvalue weighted by atomic mass is 35.5. The largest absolute Gasteiger partial charge is 0.360 e. The van der Waals surface area contributed by atoms with Crippen molar-refractivity contribution < 1.29 is 17.7 Å². The van der Waals surface area contributed by atoms with Crippen LogP contribution in [0.15, 0.2) is 27.6 Å². The summed E-state index contributed by atoms with van der Waals surface area (Å²) in [6, 6.07) is 4.67. The van der Waals surface area contributed by atoms with Gasteiger partial charge in [0.1, 0.15) is 10.6 Å². The van der Waals surface area contributed by atoms with E-state index in [2.05, 4.69) is 5.16 Å². The number of halogens is 2. The molecule has 0 radical (unpaired) electrons. The maximum absolute atomic E-state index is 12.8. The van der Waals surface area contributed by atoms with Crippen molar-refractivity contribution in [3.63, 3.8) is 0 Å². The summed E-state index contributed by atoms with van der Waals surface area (Å²) < 4.78 is 31.9. The number of nitrogens with zero attached hydrogens (tertiary/aromatic N) is 3. The molecule has 7 nitrogen and oxygen atoms in total. The first kappa shape index (κ1) is 19.2. The van der Waals surface area contributed by atoms with Crippen molar-refractivity contribution in [1.82, 2.24) is 14.4 Å². The minimum atomic E-state index is -3.71. The van der Waals surface area contributed by atoms with Gasteiger partial charge in [-0.15, -0.1) is 0 Å². The lowest BCUT2D eigenvalue weighted by molar-refractivity contribution is 0.0698. The fraction of sp³-hybridized carbons (Fsp3) is 0.375. The summed E-state index contributed by atoms with van der Waals surface area (Å²) in [7, 11) is -3.71. The van der Waals surface area contributed by atoms with Crippen LogP contribution in [-0.2, 0) is 10.0 Å². The fourth-order valence-corrected chi connectivity index (χ4v) is 5.14. The van der Waals surface area contributed by atoms with Crippen LogP contribution in [-0.4, -0.2) is 54.9 Å². The van der Waals surface area contributed by atoms with Crippen molar-refractivity contribution in [2.24, 2.45) is 0 Å². The molecule has 0 bridgehead atoms. The number of carbonyl (C=O) groups is 1. The van der Waals surface area contributed by atoms with Gasteiger partial charge in [-0.05, 0) is 32.0 Å². The Morgan fingerprint density at radius 2 is 1.81 bits per heavy atom. The molecule has 26 heavy (non-hydrogen) atoms. The Hall–Kier alpha value is -1.61. The standard InChI is InChI=1S/C16H17Cl2N3O4S/c1-10-15(11(2)25-19-10)26(23,24)21-7-5-20(6-8-21)16(22)13-4-3-12(17)9-14(13)18/h3-4,9H,5-8H2,1-2H3. The monoisotopic (exact) mass is 417 g/mol. The third-order valence-corrected chi connectivity index (χ3v) is 6.94. The first-order chi connectivity index (χ1) is 12.2. The predicted octanol–water partition coefficient (Wildman–Crippen LogP) is 2.74. The van der Waals surface area contributed by atoms with Gasteiger partial charge in [0, 0.05) is 31.2 Å². The molecular formula is C16H17Cl2N3O4S. The minimum Gasteiger partial charge on any atom is -0.360 e. The molecule has 0 N–H and O–H groups in total. The molecule has 1 aliphatic rings. The molecule has 3 rings (SSSR count). The molecule has 2 heterocycles. The molecule has 140 valence electrons. The zero-order valence-corrected chi connectivity index (χ0v) is 16.5. The Labute approximate surface area is 161 Å². The third kappa shape index (κ3) is 3.46. The Kier molecular flexibility index (Phi) is 5.30. The van der Waals surface area contributed by atoms with Gasteiger partial charge in [-0.2, -0.15) is 4.31 Å². The highest BCUT2D eigenvalue weighted by Crippen LogP contribution is 2.26. The van der Waals surface area contributed by atoms with Gasteiger partial charge in [0.05, 0.1) is 10.6 Å². The Morgan fingerprint density at radius 3 is 2.35 bits per heavy atom. The van der Waals surface area contributed by atoms with E-state index in [1.54, 1.807) is 30.9 Å². The first-order valence-corrected chi connectivity index (χ1v) is 10.1. The van der Waals surface area contributed by atoms with Gasteiger partial charge in [0.15, 0.2) is 5.76 Å². The van der Waals surface area contributed by atoms with Gasteiger partial charge in [-0.25, -0.2) is 8.42 Å². The van der Waals surface area contributed by atoms with Crippen LogP contribution in [0.1, 0.15) is 21.8 Å². The molecule has 1 saturated heterocycles. The first-order valence-electron chi connectivity index (χ1n) is 7.89. The molecule has 1 aromatic heterocycles. The van der Waals surface area contributed by atoms with E-state index in [1.807, 2.05) is 0 Å². The second-order valence-electron chi connectivity index (χ2n) is 5.97. The third-order valence-electron chi connectivity index (χ3n) is 4.25. The van der Waals surface area contributed by atoms with Crippen molar-refractivity contribution in [2.45, 2.75) is 18.7 Å². The van der Waals surface area contributed by atoms with Crippen molar-refractivity contribution in [1.29, 1.82) is 0 Å². The average molecular weight is 418 g/mol. The van der Waals surface area contributed by atoms with Crippen LogP contribution in [0.5, 0.6) is 0 Å². The molecular weight excluding hydrogens is 401 g/mol. The normalized spacial score (nSPS) is 16.1. The van der Waals surface area contributed by atoms with E-state index in [9.17, 15) is 13.2 Å². The minimum absolute atomic E-state index is 0.0954. The fourth-order valence-electron chi connectivity index (χ4n) is 2.94. The van der Waals surface area contributed by atoms with E-state index in [0.29, 0.717) is 16.3 Å². The summed E-state index contributed by atoms with van der Waals surface area (Å²) in [5, 5.41) is 4.42. The summed E-state index contributed by atoms with van der Waals surface area (Å²) in [5.41, 5.74) is 0.673. The smallest absolute Gasteiger partial charge is 0.255 e. The van der Waals surface area contributed by atoms with Gasteiger partial charge in [-0.3, -0.25) is 4.79 Å². The number of amides is 1. The van der Waals surface area contributed by atoms with Crippen LogP contribution >= 0.6 is 23.2 Å². The van der Waals surface area contributed by atoms with Crippen molar-refractivity contribution in [3.05, 3.63) is 45.3 Å². The van der Waals surface area contributed by atoms with Crippen LogP contribution in [0.2, 0.25) is 10.0 Å². The number of carbonyl (C=O) groups excluding carboxylic acids is 1. The average Bonchev–Trinajstić information content (AvgIpc) is 2.93. The second kappa shape index (κ2) is 7.19. The van der Waals surface area contributed by atoms with Crippen LogP contribution in [0.3, 0.4) is 0 Å². The molecule has 0 saturated carbocycles. The maximum Gasteiger partial charge on any atom is 0.255 e. The van der Waals surface area contributed by atoms with Gasteiger partial charge < -0.3 is 9.42 Å². The highest BCUT2D eigenvalue weighted by molar-refractivity contribution is 7.89. The van der Waals surface area contributed by atoms with Crippen molar-refractivity contribution >= 4 is 39.1 Å². The van der Waals surface area contributed by atoms with Crippen LogP contribution in [0.25, 0.3) is 0 Å². The zero-order chi connectivity index (χ0) is 19.1. The summed E-state index contributed by atoms with van der Waals surface area (Å²) >= 11 is 11.9. The summed E-state index contributed by atoms with van der Waals surface area (Å²) in [6.07, 6.45) is 0. The lowest BCUT2D eigenvalue weighted by Crippen LogP contribution is -2.50. The number of aryl methyl sites for hydroxylation is 2. The number of piperazine rings is 1. The zero-order valence-electron chi connectivity index (χ0n) is 14.2. The summed E-state index contributed by atoms with van der Waals surface area (Å²) in [5.74, 6) is 0.00926. The lowest BCUT2D eigenvalue weighted by Gasteiger charge is -2.34. The van der Waals surface area contributed by atoms with Crippen LogP contribution < -0.4 is 0 Å². The van der Waals surface area contributed by atoms with Crippen molar-refractivity contribution in [3.8, 4) is 0 Å². The Morgan fingerprint density at radius 1 is 1.15 bits per heavy atom. The topological polar surface area (TPSA) is 83.7 Å². The summed E-state index contributed by atoms with van der Waals surface area (Å²) in [6.45, 7) is 4.05. The predicted molar refractivity (Wildman–Crippen MR) is 97.1 cm³/mol. The molecule has 0 aliphatic carbocycles. The van der Waals surface area contributed by atoms with E-state index in [4.69, 9.17) is 27.7 Å². The quantitative estimate of drug-likeness (QED) is 0.766. The molecule has 0 unspecified atom stereocenters. The van der Waals surface area contributed by atoms with E-state index in [0.717, 1.165) is 0 Å². The van der Waals surface area contributed by atoms with E-state index in [1.165, 1.54) is 10.4 Å². The molecule has 1 aromatic carbocycles. The molecule has 10 heteroatoms. The van der Waals surface area contributed by atoms with Gasteiger partial charge in [0.2, 0.25) is 10.0 Å². The van der Waals surface area contributed by atoms with E-state index >= 15 is 0 Å². The number of benzene rings is 1. The van der Waals surface area contributed by atoms with E-state index < -0.39 is 10.0 Å². The number of sulfonamides is 1. The molecule has 0 spiro atoms. The Balaban J connectivity index is 1.74. The number of rotatable bonds is 3. The highest BCUT2D eigenvalue weighted by Gasteiger charge is 2.34. The summed E-state index contributed by atoms with van der Waals surface area (Å²) in [4.78, 5) is 14.3. The molecule has 1 aliphatic heterocycles. The van der Waals surface area contributed by atoms with Crippen LogP contribution in [0, 0.1) is 13.8 Å². The van der Waals surface area contributed by atoms with E-state index in [-0.39, 0.29) is 47.8 Å². The number of aromatic nitrogens is 1. The van der Waals surface area contributed by atoms with Gasteiger partial charge in [-0.1, -0.05) is 28.4 Å². The molecule has 1 amide bonds.